The van der Waals surface area contributed by atoms with Crippen LogP contribution in [-0.4, -0.2) is 21.3 Å². The molecule has 1 heterocycles. The van der Waals surface area contributed by atoms with Gasteiger partial charge in [0.1, 0.15) is 11.3 Å². The van der Waals surface area contributed by atoms with Gasteiger partial charge in [0.05, 0.1) is 18.3 Å². The molecule has 1 saturated carbocycles. The molecule has 1 N–H and O–H groups in total. The molecule has 1 aromatic carbocycles. The Balaban J connectivity index is 2.05. The number of fused-ring (bicyclic) bond motifs is 1. The summed E-state index contributed by atoms with van der Waals surface area (Å²) in [4.78, 5) is 16.5. The van der Waals surface area contributed by atoms with Crippen LogP contribution in [0.5, 0.6) is 0 Å². The number of hydrogen-bond acceptors (Lipinski definition) is 3. The van der Waals surface area contributed by atoms with Crippen LogP contribution in [0.1, 0.15) is 25.7 Å². The third-order valence-electron chi connectivity index (χ3n) is 4.31. The fourth-order valence-electron chi connectivity index (χ4n) is 3.12. The molecule has 0 saturated heterocycles. The van der Waals surface area contributed by atoms with Crippen LogP contribution < -0.4 is 5.56 Å². The minimum atomic E-state index is -0.482. The maximum atomic E-state index is 13.6. The van der Waals surface area contributed by atoms with E-state index in [0.29, 0.717) is 11.9 Å². The van der Waals surface area contributed by atoms with Crippen LogP contribution in [0.2, 0.25) is 0 Å². The molecule has 1 aliphatic carbocycles. The molecule has 4 nitrogen and oxygen atoms in total. The normalized spacial score (nSPS) is 17.7. The molecule has 1 aromatic heterocycles. The number of nitrogens with zero attached hydrogens (tertiary/aromatic N) is 2. The van der Waals surface area contributed by atoms with Crippen molar-refractivity contribution in [2.45, 2.75) is 32.2 Å². The van der Waals surface area contributed by atoms with Gasteiger partial charge in [-0.15, -0.1) is 0 Å². The highest BCUT2D eigenvalue weighted by Crippen LogP contribution is 2.38. The lowest BCUT2D eigenvalue weighted by Gasteiger charge is -2.27. The highest BCUT2D eigenvalue weighted by molar-refractivity contribution is 5.77. The standard InChI is InChI=1S/C15H17FN2O2/c16-12-5-3-4-11-13(12)17-10-18(14(11)20)8-15(9-19)6-1-2-7-15/h3-5,10,19H,1-2,6-9H2. The van der Waals surface area contributed by atoms with E-state index in [1.165, 1.54) is 23.0 Å². The number of aliphatic hydroxyl groups excluding tert-OH is 1. The molecule has 0 bridgehead atoms. The van der Waals surface area contributed by atoms with E-state index in [1.54, 1.807) is 6.07 Å². The van der Waals surface area contributed by atoms with Crippen LogP contribution >= 0.6 is 0 Å². The summed E-state index contributed by atoms with van der Waals surface area (Å²) in [5, 5.41) is 9.92. The molecule has 106 valence electrons. The van der Waals surface area contributed by atoms with Crippen molar-refractivity contribution in [2.24, 2.45) is 5.41 Å². The van der Waals surface area contributed by atoms with Crippen LogP contribution in [0.3, 0.4) is 0 Å². The molecule has 1 fully saturated rings. The number of halogens is 1. The first-order chi connectivity index (χ1) is 9.65. The summed E-state index contributed by atoms with van der Waals surface area (Å²) in [6.07, 6.45) is 5.37. The van der Waals surface area contributed by atoms with Gasteiger partial charge in [0.2, 0.25) is 0 Å². The van der Waals surface area contributed by atoms with Gasteiger partial charge in [-0.3, -0.25) is 9.36 Å². The van der Waals surface area contributed by atoms with Gasteiger partial charge in [-0.2, -0.15) is 0 Å². The Labute approximate surface area is 115 Å². The van der Waals surface area contributed by atoms with Gasteiger partial charge in [0, 0.05) is 12.0 Å². The van der Waals surface area contributed by atoms with Gasteiger partial charge in [0.15, 0.2) is 0 Å². The fraction of sp³-hybridized carbons (Fsp3) is 0.467. The lowest BCUT2D eigenvalue weighted by atomic mass is 9.87. The second-order valence-corrected chi connectivity index (χ2v) is 5.68. The Morgan fingerprint density at radius 2 is 2.10 bits per heavy atom. The number of hydrogen-bond donors (Lipinski definition) is 1. The van der Waals surface area contributed by atoms with Crippen molar-refractivity contribution in [3.63, 3.8) is 0 Å². The van der Waals surface area contributed by atoms with Gasteiger partial charge in [-0.1, -0.05) is 18.9 Å². The largest absolute Gasteiger partial charge is 0.396 e. The Hall–Kier alpha value is -1.75. The van der Waals surface area contributed by atoms with Crippen LogP contribution in [0.15, 0.2) is 29.3 Å². The van der Waals surface area contributed by atoms with Gasteiger partial charge < -0.3 is 5.11 Å². The summed E-state index contributed by atoms with van der Waals surface area (Å²) in [6, 6.07) is 4.40. The zero-order valence-electron chi connectivity index (χ0n) is 11.2. The van der Waals surface area contributed by atoms with Crippen molar-refractivity contribution in [1.29, 1.82) is 0 Å². The SMILES string of the molecule is O=c1c2cccc(F)c2ncn1CC1(CO)CCCC1. The molecule has 5 heteroatoms. The second kappa shape index (κ2) is 4.98. The van der Waals surface area contributed by atoms with Gasteiger partial charge in [0.25, 0.3) is 5.56 Å². The predicted molar refractivity (Wildman–Crippen MR) is 73.9 cm³/mol. The molecule has 0 radical (unpaired) electrons. The van der Waals surface area contributed by atoms with E-state index in [4.69, 9.17) is 0 Å². The lowest BCUT2D eigenvalue weighted by Crippen LogP contribution is -2.33. The van der Waals surface area contributed by atoms with E-state index in [1.807, 2.05) is 0 Å². The topological polar surface area (TPSA) is 55.1 Å². The Kier molecular flexibility index (Phi) is 3.30. The molecule has 3 rings (SSSR count). The van der Waals surface area contributed by atoms with Crippen molar-refractivity contribution in [3.05, 3.63) is 40.7 Å². The quantitative estimate of drug-likeness (QED) is 0.934. The van der Waals surface area contributed by atoms with E-state index < -0.39 is 5.82 Å². The summed E-state index contributed by atoms with van der Waals surface area (Å²) in [6.45, 7) is 0.516. The third kappa shape index (κ3) is 2.12. The Morgan fingerprint density at radius 1 is 1.35 bits per heavy atom. The Morgan fingerprint density at radius 3 is 2.80 bits per heavy atom. The van der Waals surface area contributed by atoms with E-state index in [2.05, 4.69) is 4.98 Å². The summed E-state index contributed by atoms with van der Waals surface area (Å²) < 4.78 is 15.1. The molecule has 0 amide bonds. The third-order valence-corrected chi connectivity index (χ3v) is 4.31. The highest BCUT2D eigenvalue weighted by atomic mass is 19.1. The molecule has 1 aliphatic rings. The van der Waals surface area contributed by atoms with Crippen LogP contribution in [0.4, 0.5) is 4.39 Å². The first-order valence-corrected chi connectivity index (χ1v) is 6.90. The van der Waals surface area contributed by atoms with E-state index in [-0.39, 0.29) is 23.1 Å². The molecular formula is C15H17FN2O2. The first-order valence-electron chi connectivity index (χ1n) is 6.90. The molecule has 0 atom stereocenters. The maximum absolute atomic E-state index is 13.6. The fourth-order valence-corrected chi connectivity index (χ4v) is 3.12. The van der Waals surface area contributed by atoms with Crippen LogP contribution in [-0.2, 0) is 6.54 Å². The molecule has 2 aromatic rings. The average molecular weight is 276 g/mol. The monoisotopic (exact) mass is 276 g/mol. The van der Waals surface area contributed by atoms with E-state index in [9.17, 15) is 14.3 Å². The van der Waals surface area contributed by atoms with Gasteiger partial charge in [-0.25, -0.2) is 9.37 Å². The van der Waals surface area contributed by atoms with Crippen molar-refractivity contribution in [2.75, 3.05) is 6.61 Å². The highest BCUT2D eigenvalue weighted by Gasteiger charge is 2.34. The number of rotatable bonds is 3. The second-order valence-electron chi connectivity index (χ2n) is 5.68. The zero-order chi connectivity index (χ0) is 14.2. The minimum absolute atomic E-state index is 0.0701. The lowest BCUT2D eigenvalue weighted by molar-refractivity contribution is 0.110. The molecule has 0 spiro atoms. The summed E-state index contributed by atoms with van der Waals surface area (Å²) in [7, 11) is 0. The minimum Gasteiger partial charge on any atom is -0.396 e. The van der Waals surface area contributed by atoms with Gasteiger partial charge in [-0.05, 0) is 25.0 Å². The van der Waals surface area contributed by atoms with Crippen molar-refractivity contribution < 1.29 is 9.50 Å². The smallest absolute Gasteiger partial charge is 0.261 e. The Bertz CT molecular complexity index is 690. The number of para-hydroxylation sites is 1. The average Bonchev–Trinajstić information content (AvgIpc) is 2.92. The van der Waals surface area contributed by atoms with Gasteiger partial charge >= 0.3 is 0 Å². The maximum Gasteiger partial charge on any atom is 0.261 e. The van der Waals surface area contributed by atoms with Crippen molar-refractivity contribution in [3.8, 4) is 0 Å². The van der Waals surface area contributed by atoms with Crippen LogP contribution in [0, 0.1) is 11.2 Å². The van der Waals surface area contributed by atoms with E-state index >= 15 is 0 Å². The number of aliphatic hydroxyl groups is 1. The summed E-state index contributed by atoms with van der Waals surface area (Å²) in [5.74, 6) is -0.482. The number of aromatic nitrogens is 2. The predicted octanol–water partition coefficient (Wildman–Crippen LogP) is 2.09. The summed E-state index contributed by atoms with van der Waals surface area (Å²) in [5.41, 5.74) is -0.362. The summed E-state index contributed by atoms with van der Waals surface area (Å²) >= 11 is 0. The van der Waals surface area contributed by atoms with E-state index in [0.717, 1.165) is 25.7 Å². The van der Waals surface area contributed by atoms with Crippen LogP contribution in [0.25, 0.3) is 10.9 Å². The van der Waals surface area contributed by atoms with Crippen molar-refractivity contribution >= 4 is 10.9 Å². The van der Waals surface area contributed by atoms with Crippen molar-refractivity contribution in [1.82, 2.24) is 9.55 Å². The molecule has 0 aliphatic heterocycles. The molecule has 20 heavy (non-hydrogen) atoms. The zero-order valence-corrected chi connectivity index (χ0v) is 11.2. The first kappa shape index (κ1) is 13.2. The molecular weight excluding hydrogens is 259 g/mol. The number of benzene rings is 1. The molecule has 0 unspecified atom stereocenters.